The molecule has 0 saturated heterocycles. The summed E-state index contributed by atoms with van der Waals surface area (Å²) in [6.45, 7) is 0. The van der Waals surface area contributed by atoms with Gasteiger partial charge in [0.2, 0.25) is 0 Å². The van der Waals surface area contributed by atoms with E-state index in [1.54, 1.807) is 6.07 Å². The van der Waals surface area contributed by atoms with Gasteiger partial charge in [-0.15, -0.1) is 0 Å². The third-order valence-corrected chi connectivity index (χ3v) is 3.28. The van der Waals surface area contributed by atoms with Gasteiger partial charge in [0, 0.05) is 0 Å². The van der Waals surface area contributed by atoms with Gasteiger partial charge in [0.25, 0.3) is 0 Å². The van der Waals surface area contributed by atoms with Crippen LogP contribution in [-0.2, 0) is 4.79 Å². The van der Waals surface area contributed by atoms with Gasteiger partial charge >= 0.3 is 5.97 Å². The number of carboxylic acids is 1. The molecule has 1 saturated carbocycles. The van der Waals surface area contributed by atoms with E-state index in [-0.39, 0.29) is 11.8 Å². The molecule has 0 bridgehead atoms. The summed E-state index contributed by atoms with van der Waals surface area (Å²) in [5, 5.41) is 17.9. The van der Waals surface area contributed by atoms with Crippen LogP contribution in [0.15, 0.2) is 24.3 Å². The van der Waals surface area contributed by atoms with Gasteiger partial charge in [0.15, 0.2) is 0 Å². The molecule has 0 aromatic heterocycles. The number of hydrogen-bond donors (Lipinski definition) is 1. The summed E-state index contributed by atoms with van der Waals surface area (Å²) < 4.78 is 0. The van der Waals surface area contributed by atoms with E-state index in [0.717, 1.165) is 24.8 Å². The van der Waals surface area contributed by atoms with Crippen LogP contribution >= 0.6 is 0 Å². The molecule has 1 aromatic carbocycles. The second-order valence-corrected chi connectivity index (χ2v) is 4.22. The maximum Gasteiger partial charge on any atom is 0.307 e. The number of hydrogen-bond acceptors (Lipinski definition) is 2. The minimum Gasteiger partial charge on any atom is -0.481 e. The van der Waals surface area contributed by atoms with E-state index in [9.17, 15) is 4.79 Å². The molecule has 2 rings (SSSR count). The minimum atomic E-state index is -0.718. The van der Waals surface area contributed by atoms with Gasteiger partial charge in [-0.3, -0.25) is 4.79 Å². The van der Waals surface area contributed by atoms with Crippen molar-refractivity contribution in [1.82, 2.24) is 0 Å². The quantitative estimate of drug-likeness (QED) is 0.824. The van der Waals surface area contributed by atoms with Crippen molar-refractivity contribution in [2.24, 2.45) is 5.92 Å². The van der Waals surface area contributed by atoms with Crippen molar-refractivity contribution < 1.29 is 9.90 Å². The molecule has 1 fully saturated rings. The van der Waals surface area contributed by atoms with E-state index in [0.29, 0.717) is 5.56 Å². The minimum absolute atomic E-state index is 0.0748. The first kappa shape index (κ1) is 10.7. The fraction of sp³-hybridized carbons (Fsp3) is 0.385. The van der Waals surface area contributed by atoms with Crippen LogP contribution in [0, 0.1) is 17.2 Å². The molecule has 1 aliphatic rings. The average molecular weight is 215 g/mol. The highest BCUT2D eigenvalue weighted by atomic mass is 16.4. The Morgan fingerprint density at radius 3 is 2.94 bits per heavy atom. The maximum absolute atomic E-state index is 11.1. The molecule has 1 aromatic rings. The molecule has 1 N–H and O–H groups in total. The molecular weight excluding hydrogens is 202 g/mol. The van der Waals surface area contributed by atoms with Crippen LogP contribution < -0.4 is 0 Å². The van der Waals surface area contributed by atoms with Crippen molar-refractivity contribution >= 4 is 5.97 Å². The zero-order chi connectivity index (χ0) is 11.5. The lowest BCUT2D eigenvalue weighted by Gasteiger charge is -2.16. The second-order valence-electron chi connectivity index (χ2n) is 4.22. The summed E-state index contributed by atoms with van der Waals surface area (Å²) in [5.41, 5.74) is 1.59. The summed E-state index contributed by atoms with van der Waals surface area (Å²) >= 11 is 0. The first-order valence-corrected chi connectivity index (χ1v) is 5.45. The SMILES string of the molecule is N#Cc1cccc(C2CCC[C@@H]2C(=O)O)c1. The van der Waals surface area contributed by atoms with Crippen molar-refractivity contribution in [1.29, 1.82) is 5.26 Å². The molecule has 3 nitrogen and oxygen atoms in total. The predicted molar refractivity (Wildman–Crippen MR) is 58.9 cm³/mol. The number of carboxylic acid groups (broad SMARTS) is 1. The van der Waals surface area contributed by atoms with Gasteiger partial charge in [-0.1, -0.05) is 18.6 Å². The van der Waals surface area contributed by atoms with Crippen LogP contribution in [-0.4, -0.2) is 11.1 Å². The number of rotatable bonds is 2. The van der Waals surface area contributed by atoms with Crippen molar-refractivity contribution in [2.45, 2.75) is 25.2 Å². The number of benzene rings is 1. The van der Waals surface area contributed by atoms with Crippen molar-refractivity contribution in [3.63, 3.8) is 0 Å². The Balaban J connectivity index is 2.29. The zero-order valence-electron chi connectivity index (χ0n) is 8.89. The summed E-state index contributed by atoms with van der Waals surface area (Å²) in [4.78, 5) is 11.1. The maximum atomic E-state index is 11.1. The van der Waals surface area contributed by atoms with Crippen molar-refractivity contribution in [2.75, 3.05) is 0 Å². The van der Waals surface area contributed by atoms with Crippen LogP contribution in [0.5, 0.6) is 0 Å². The van der Waals surface area contributed by atoms with Gasteiger partial charge in [0.05, 0.1) is 17.6 Å². The van der Waals surface area contributed by atoms with Crippen molar-refractivity contribution in [3.8, 4) is 6.07 Å². The van der Waals surface area contributed by atoms with E-state index in [1.165, 1.54) is 0 Å². The monoisotopic (exact) mass is 215 g/mol. The van der Waals surface area contributed by atoms with Crippen LogP contribution in [0.25, 0.3) is 0 Å². The second kappa shape index (κ2) is 4.36. The molecule has 0 heterocycles. The first-order valence-electron chi connectivity index (χ1n) is 5.45. The van der Waals surface area contributed by atoms with Gasteiger partial charge < -0.3 is 5.11 Å². The molecule has 3 heteroatoms. The number of nitriles is 1. The average Bonchev–Trinajstić information content (AvgIpc) is 2.78. The molecule has 1 unspecified atom stereocenters. The molecular formula is C13H13NO2. The standard InChI is InChI=1S/C13H13NO2/c14-8-9-3-1-4-10(7-9)11-5-2-6-12(11)13(15)16/h1,3-4,7,11-12H,2,5-6H2,(H,15,16)/t11?,12-/m0/s1. The van der Waals surface area contributed by atoms with Crippen LogP contribution in [0.1, 0.15) is 36.3 Å². The fourth-order valence-electron chi connectivity index (χ4n) is 2.49. The molecule has 0 aliphatic heterocycles. The highest BCUT2D eigenvalue weighted by Gasteiger charge is 2.33. The number of carbonyl (C=O) groups is 1. The van der Waals surface area contributed by atoms with Gasteiger partial charge in [-0.2, -0.15) is 5.26 Å². The predicted octanol–water partition coefficient (Wildman–Crippen LogP) is 2.53. The zero-order valence-corrected chi connectivity index (χ0v) is 8.89. The third kappa shape index (κ3) is 1.92. The Morgan fingerprint density at radius 2 is 2.25 bits per heavy atom. The lowest BCUT2D eigenvalue weighted by atomic mass is 9.88. The fourth-order valence-corrected chi connectivity index (χ4v) is 2.49. The molecule has 0 amide bonds. The van der Waals surface area contributed by atoms with E-state index in [2.05, 4.69) is 6.07 Å². The van der Waals surface area contributed by atoms with Crippen LogP contribution in [0.2, 0.25) is 0 Å². The molecule has 0 radical (unpaired) electrons. The van der Waals surface area contributed by atoms with Crippen LogP contribution in [0.4, 0.5) is 0 Å². The Bertz CT molecular complexity index is 447. The molecule has 82 valence electrons. The highest BCUT2D eigenvalue weighted by Crippen LogP contribution is 2.39. The first-order chi connectivity index (χ1) is 7.72. The summed E-state index contributed by atoms with van der Waals surface area (Å²) in [7, 11) is 0. The Labute approximate surface area is 94.3 Å². The molecule has 1 aliphatic carbocycles. The Morgan fingerprint density at radius 1 is 1.44 bits per heavy atom. The Kier molecular flexibility index (Phi) is 2.91. The largest absolute Gasteiger partial charge is 0.481 e. The van der Waals surface area contributed by atoms with E-state index in [1.807, 2.05) is 18.2 Å². The molecule has 2 atom stereocenters. The molecule has 0 spiro atoms. The Hall–Kier alpha value is -1.82. The van der Waals surface area contributed by atoms with Gasteiger partial charge in [-0.05, 0) is 36.5 Å². The lowest BCUT2D eigenvalue weighted by molar-refractivity contribution is -0.142. The van der Waals surface area contributed by atoms with Crippen molar-refractivity contribution in [3.05, 3.63) is 35.4 Å². The normalized spacial score (nSPS) is 23.9. The van der Waals surface area contributed by atoms with E-state index in [4.69, 9.17) is 10.4 Å². The smallest absolute Gasteiger partial charge is 0.307 e. The highest BCUT2D eigenvalue weighted by molar-refractivity contribution is 5.72. The van der Waals surface area contributed by atoms with E-state index >= 15 is 0 Å². The summed E-state index contributed by atoms with van der Waals surface area (Å²) in [6, 6.07) is 9.39. The summed E-state index contributed by atoms with van der Waals surface area (Å²) in [6.07, 6.45) is 2.61. The molecule has 16 heavy (non-hydrogen) atoms. The summed E-state index contributed by atoms with van der Waals surface area (Å²) in [5.74, 6) is -0.926. The topological polar surface area (TPSA) is 61.1 Å². The lowest BCUT2D eigenvalue weighted by Crippen LogP contribution is -2.16. The van der Waals surface area contributed by atoms with Gasteiger partial charge in [0.1, 0.15) is 0 Å². The number of nitrogens with zero attached hydrogens (tertiary/aromatic N) is 1. The third-order valence-electron chi connectivity index (χ3n) is 3.28. The van der Waals surface area contributed by atoms with E-state index < -0.39 is 5.97 Å². The van der Waals surface area contributed by atoms with Crippen LogP contribution in [0.3, 0.4) is 0 Å². The van der Waals surface area contributed by atoms with Gasteiger partial charge in [-0.25, -0.2) is 0 Å². The number of aliphatic carboxylic acids is 1.